The second-order valence-electron chi connectivity index (χ2n) is 3.15. The van der Waals surface area contributed by atoms with Gasteiger partial charge in [-0.2, -0.15) is 0 Å². The third-order valence-electron chi connectivity index (χ3n) is 1.96. The van der Waals surface area contributed by atoms with Gasteiger partial charge in [0.05, 0.1) is 5.56 Å². The fraction of sp³-hybridized carbons (Fsp3) is 0. The van der Waals surface area contributed by atoms with Gasteiger partial charge in [0.25, 0.3) is 5.91 Å². The summed E-state index contributed by atoms with van der Waals surface area (Å²) in [5.74, 6) is -1.05. The molecule has 0 saturated carbocycles. The fourth-order valence-electron chi connectivity index (χ4n) is 1.20. The summed E-state index contributed by atoms with van der Waals surface area (Å²) in [6.07, 6.45) is 2.97. The number of amides is 1. The number of hydrogen-bond donors (Lipinski definition) is 1. The highest BCUT2D eigenvalue weighted by Crippen LogP contribution is 2.16. The second kappa shape index (κ2) is 5.01. The van der Waals surface area contributed by atoms with E-state index in [9.17, 15) is 9.18 Å². The molecule has 1 amide bonds. The summed E-state index contributed by atoms with van der Waals surface area (Å²) in [6, 6.07) is 5.75. The maximum atomic E-state index is 13.4. The van der Waals surface area contributed by atoms with Gasteiger partial charge in [-0.05, 0) is 24.3 Å². The van der Waals surface area contributed by atoms with Crippen LogP contribution < -0.4 is 5.32 Å². The van der Waals surface area contributed by atoms with Crippen LogP contribution in [0.15, 0.2) is 41.1 Å². The monoisotopic (exact) mass is 295 g/mol. The Morgan fingerprint density at radius 2 is 2.00 bits per heavy atom. The molecule has 0 atom stereocenters. The molecule has 0 radical (unpaired) electrons. The third-order valence-corrected chi connectivity index (χ3v) is 2.46. The quantitative estimate of drug-likeness (QED) is 0.927. The molecule has 0 saturated heterocycles. The first-order chi connectivity index (χ1) is 8.16. The van der Waals surface area contributed by atoms with Crippen molar-refractivity contribution >= 4 is 27.8 Å². The molecule has 1 aromatic carbocycles. The van der Waals surface area contributed by atoms with E-state index < -0.39 is 11.7 Å². The van der Waals surface area contributed by atoms with Gasteiger partial charge in [-0.25, -0.2) is 14.4 Å². The number of carbonyl (C=O) groups is 1. The predicted molar refractivity (Wildman–Crippen MR) is 64.1 cm³/mol. The summed E-state index contributed by atoms with van der Waals surface area (Å²) in [6.45, 7) is 0. The summed E-state index contributed by atoms with van der Waals surface area (Å²) < 4.78 is 14.0. The zero-order valence-electron chi connectivity index (χ0n) is 8.52. The van der Waals surface area contributed by atoms with Crippen molar-refractivity contribution in [3.8, 4) is 0 Å². The number of hydrogen-bond acceptors (Lipinski definition) is 3. The van der Waals surface area contributed by atoms with Crippen molar-refractivity contribution in [1.29, 1.82) is 0 Å². The van der Waals surface area contributed by atoms with E-state index in [0.29, 0.717) is 4.47 Å². The summed E-state index contributed by atoms with van der Waals surface area (Å²) in [7, 11) is 0. The number of nitrogens with one attached hydrogen (secondary N) is 1. The van der Waals surface area contributed by atoms with Gasteiger partial charge in [-0.15, -0.1) is 0 Å². The van der Waals surface area contributed by atoms with Crippen molar-refractivity contribution in [3.05, 3.63) is 52.5 Å². The van der Waals surface area contributed by atoms with E-state index in [2.05, 4.69) is 31.2 Å². The van der Waals surface area contributed by atoms with Gasteiger partial charge in [0.1, 0.15) is 5.82 Å². The van der Waals surface area contributed by atoms with Crippen LogP contribution in [0.3, 0.4) is 0 Å². The smallest absolute Gasteiger partial charge is 0.261 e. The van der Waals surface area contributed by atoms with E-state index in [0.717, 1.165) is 0 Å². The first-order valence-electron chi connectivity index (χ1n) is 4.70. The Morgan fingerprint density at radius 3 is 2.71 bits per heavy atom. The largest absolute Gasteiger partial charge is 0.290 e. The highest BCUT2D eigenvalue weighted by molar-refractivity contribution is 9.10. The number of benzene rings is 1. The fourth-order valence-corrected chi connectivity index (χ4v) is 1.57. The van der Waals surface area contributed by atoms with Gasteiger partial charge in [0.2, 0.25) is 5.95 Å². The van der Waals surface area contributed by atoms with E-state index in [1.807, 2.05) is 0 Å². The van der Waals surface area contributed by atoms with Gasteiger partial charge >= 0.3 is 0 Å². The standard InChI is InChI=1S/C11H7BrFN3O/c12-7-2-3-9(13)8(6-7)10(17)16-11-14-4-1-5-15-11/h1-6H,(H,14,15,16,17). The molecule has 0 spiro atoms. The maximum absolute atomic E-state index is 13.4. The Balaban J connectivity index is 2.23. The SMILES string of the molecule is O=C(Nc1ncccn1)c1cc(Br)ccc1F. The van der Waals surface area contributed by atoms with Crippen LogP contribution in [-0.4, -0.2) is 15.9 Å². The average Bonchev–Trinajstić information content (AvgIpc) is 2.33. The highest BCUT2D eigenvalue weighted by atomic mass is 79.9. The van der Waals surface area contributed by atoms with Crippen molar-refractivity contribution in [1.82, 2.24) is 9.97 Å². The van der Waals surface area contributed by atoms with E-state index >= 15 is 0 Å². The predicted octanol–water partition coefficient (Wildman–Crippen LogP) is 2.63. The Hall–Kier alpha value is -1.82. The van der Waals surface area contributed by atoms with Crippen molar-refractivity contribution < 1.29 is 9.18 Å². The average molecular weight is 296 g/mol. The van der Waals surface area contributed by atoms with Crippen LogP contribution >= 0.6 is 15.9 Å². The molecule has 0 fully saturated rings. The summed E-state index contributed by atoms with van der Waals surface area (Å²) >= 11 is 3.17. The molecule has 6 heteroatoms. The van der Waals surface area contributed by atoms with Crippen molar-refractivity contribution in [3.63, 3.8) is 0 Å². The number of carbonyl (C=O) groups excluding carboxylic acids is 1. The van der Waals surface area contributed by atoms with Gasteiger partial charge in [-0.1, -0.05) is 15.9 Å². The number of aromatic nitrogens is 2. The molecule has 86 valence electrons. The summed E-state index contributed by atoms with van der Waals surface area (Å²) in [4.78, 5) is 19.4. The van der Waals surface area contributed by atoms with Gasteiger partial charge < -0.3 is 0 Å². The molecule has 2 rings (SSSR count). The van der Waals surface area contributed by atoms with Gasteiger partial charge in [-0.3, -0.25) is 10.1 Å². The molecule has 0 aliphatic heterocycles. The Kier molecular flexibility index (Phi) is 3.43. The van der Waals surface area contributed by atoms with Crippen LogP contribution in [-0.2, 0) is 0 Å². The van der Waals surface area contributed by atoms with Crippen LogP contribution in [0.2, 0.25) is 0 Å². The molecule has 1 N–H and O–H groups in total. The number of anilines is 1. The molecular weight excluding hydrogens is 289 g/mol. The molecular formula is C11H7BrFN3O. The molecule has 0 unspecified atom stereocenters. The Bertz CT molecular complexity index is 548. The van der Waals surface area contributed by atoms with Crippen LogP contribution in [0.25, 0.3) is 0 Å². The molecule has 0 bridgehead atoms. The molecule has 1 aromatic heterocycles. The minimum absolute atomic E-state index is 0.0631. The Morgan fingerprint density at radius 1 is 1.29 bits per heavy atom. The first kappa shape index (κ1) is 11.7. The van der Waals surface area contributed by atoms with E-state index in [1.54, 1.807) is 6.07 Å². The number of halogens is 2. The molecule has 1 heterocycles. The number of rotatable bonds is 2. The van der Waals surface area contributed by atoms with Crippen LogP contribution in [0.1, 0.15) is 10.4 Å². The van der Waals surface area contributed by atoms with Crippen molar-refractivity contribution in [2.75, 3.05) is 5.32 Å². The maximum Gasteiger partial charge on any atom is 0.261 e. The Labute approximate surface area is 105 Å². The third kappa shape index (κ3) is 2.85. The second-order valence-corrected chi connectivity index (χ2v) is 4.07. The molecule has 0 aliphatic rings. The minimum atomic E-state index is -0.596. The lowest BCUT2D eigenvalue weighted by Crippen LogP contribution is -2.15. The van der Waals surface area contributed by atoms with E-state index in [4.69, 9.17) is 0 Å². The van der Waals surface area contributed by atoms with Crippen LogP contribution in [0, 0.1) is 5.82 Å². The lowest BCUT2D eigenvalue weighted by Gasteiger charge is -2.04. The summed E-state index contributed by atoms with van der Waals surface area (Å²) in [5, 5.41) is 2.40. The lowest BCUT2D eigenvalue weighted by atomic mass is 10.2. The minimum Gasteiger partial charge on any atom is -0.290 e. The van der Waals surface area contributed by atoms with E-state index in [1.165, 1.54) is 30.6 Å². The van der Waals surface area contributed by atoms with Crippen LogP contribution in [0.5, 0.6) is 0 Å². The van der Waals surface area contributed by atoms with Crippen molar-refractivity contribution in [2.45, 2.75) is 0 Å². The van der Waals surface area contributed by atoms with Gasteiger partial charge in [0, 0.05) is 16.9 Å². The molecule has 17 heavy (non-hydrogen) atoms. The lowest BCUT2D eigenvalue weighted by molar-refractivity contribution is 0.102. The topological polar surface area (TPSA) is 54.9 Å². The van der Waals surface area contributed by atoms with Crippen LogP contribution in [0.4, 0.5) is 10.3 Å². The first-order valence-corrected chi connectivity index (χ1v) is 5.49. The molecule has 4 nitrogen and oxygen atoms in total. The molecule has 0 aliphatic carbocycles. The van der Waals surface area contributed by atoms with E-state index in [-0.39, 0.29) is 11.5 Å². The molecule has 2 aromatic rings. The van der Waals surface area contributed by atoms with Crippen molar-refractivity contribution in [2.24, 2.45) is 0 Å². The normalized spacial score (nSPS) is 10.0. The zero-order chi connectivity index (χ0) is 12.3. The van der Waals surface area contributed by atoms with Gasteiger partial charge in [0.15, 0.2) is 0 Å². The zero-order valence-corrected chi connectivity index (χ0v) is 10.1. The summed E-state index contributed by atoms with van der Waals surface area (Å²) in [5.41, 5.74) is -0.0631. The number of nitrogens with zero attached hydrogens (tertiary/aromatic N) is 2. The highest BCUT2D eigenvalue weighted by Gasteiger charge is 2.13.